The van der Waals surface area contributed by atoms with Crippen LogP contribution in [0.3, 0.4) is 0 Å². The van der Waals surface area contributed by atoms with Crippen molar-refractivity contribution in [2.45, 2.75) is 151 Å². The minimum atomic E-state index is -0.825. The van der Waals surface area contributed by atoms with Crippen molar-refractivity contribution >= 4 is 17.8 Å². The van der Waals surface area contributed by atoms with Crippen LogP contribution in [0.4, 0.5) is 4.39 Å². The number of aromatic nitrogens is 2. The molecule has 7 fully saturated rings. The summed E-state index contributed by atoms with van der Waals surface area (Å²) in [5, 5.41) is 9.70. The number of hydrogen-bond acceptors (Lipinski definition) is 5. The van der Waals surface area contributed by atoms with Crippen LogP contribution < -0.4 is 0 Å². The zero-order valence-electron chi connectivity index (χ0n) is 37.5. The Morgan fingerprint density at radius 3 is 2.27 bits per heavy atom. The van der Waals surface area contributed by atoms with E-state index < -0.39 is 22.7 Å². The number of halogens is 1. The normalized spacial score (nSPS) is 42.5. The number of likely N-dealkylation sites (tertiary alicyclic amines) is 1. The van der Waals surface area contributed by atoms with Gasteiger partial charge in [-0.3, -0.25) is 14.4 Å². The molecular weight excluding hydrogens is 754 g/mol. The highest BCUT2D eigenvalue weighted by Crippen LogP contribution is 2.78. The van der Waals surface area contributed by atoms with Crippen molar-refractivity contribution in [3.63, 3.8) is 0 Å². The summed E-state index contributed by atoms with van der Waals surface area (Å²) in [5.41, 5.74) is 2.04. The zero-order valence-corrected chi connectivity index (χ0v) is 37.5. The molecule has 1 aromatic heterocycles. The third-order valence-electron chi connectivity index (χ3n) is 20.1. The Morgan fingerprint density at radius 2 is 1.58 bits per heavy atom. The molecule has 0 spiro atoms. The largest absolute Gasteiger partial charge is 0.481 e. The molecule has 1 aliphatic heterocycles. The van der Waals surface area contributed by atoms with Gasteiger partial charge in [0.05, 0.1) is 35.2 Å². The Hall–Kier alpha value is -3.49. The zero-order chi connectivity index (χ0) is 42.9. The van der Waals surface area contributed by atoms with Crippen LogP contribution in [-0.2, 0) is 19.1 Å². The fourth-order valence-corrected chi connectivity index (χ4v) is 16.5. The molecule has 8 nitrogen and oxygen atoms in total. The SMILES string of the molecule is C=C(C)[C@@H]1CC[C@]2(C(=O)N3CCCC3c3ncc(-c4ccc(F)cc4)[nH]3)CC[C@]3(C)[C@H](CC[C@@H]4[C@@]5(C)CC[C@H](OC(=O)C6CC(C(=O)O)C6(C)C)C(C)(C)[C@@H]5CC[C@]43C)C12. The highest BCUT2D eigenvalue weighted by molar-refractivity contribution is 5.85. The lowest BCUT2D eigenvalue weighted by atomic mass is 9.32. The number of nitrogens with zero attached hydrogens (tertiary/aromatic N) is 2. The summed E-state index contributed by atoms with van der Waals surface area (Å²) in [6.07, 6.45) is 14.1. The van der Waals surface area contributed by atoms with Crippen molar-refractivity contribution in [3.8, 4) is 11.3 Å². The van der Waals surface area contributed by atoms with Gasteiger partial charge in [-0.15, -0.1) is 0 Å². The first-order valence-corrected chi connectivity index (χ1v) is 23.4. The molecule has 7 aliphatic rings. The number of aromatic amines is 1. The minimum absolute atomic E-state index is 0.0792. The van der Waals surface area contributed by atoms with Gasteiger partial charge < -0.3 is 19.7 Å². The quantitative estimate of drug-likeness (QED) is 0.212. The van der Waals surface area contributed by atoms with E-state index in [1.165, 1.54) is 17.7 Å². The average Bonchev–Trinajstić information content (AvgIpc) is 3.95. The second kappa shape index (κ2) is 14.0. The second-order valence-electron chi connectivity index (χ2n) is 23.0. The molecule has 6 aliphatic carbocycles. The number of aliphatic carboxylic acids is 1. The van der Waals surface area contributed by atoms with E-state index in [-0.39, 0.29) is 57.4 Å². The van der Waals surface area contributed by atoms with E-state index in [1.54, 1.807) is 12.1 Å². The molecule has 9 heteroatoms. The molecule has 1 saturated heterocycles. The third kappa shape index (κ3) is 5.77. The number of H-pyrrole nitrogens is 1. The number of carbonyl (C=O) groups is 3. The minimum Gasteiger partial charge on any atom is -0.481 e. The molecule has 2 aromatic rings. The van der Waals surface area contributed by atoms with Crippen LogP contribution in [-0.4, -0.2) is 50.5 Å². The monoisotopic (exact) mass is 824 g/mol. The summed E-state index contributed by atoms with van der Waals surface area (Å²) in [6, 6.07) is 6.38. The molecule has 0 radical (unpaired) electrons. The summed E-state index contributed by atoms with van der Waals surface area (Å²) in [5.74, 6) is 0.943. The number of fused-ring (bicyclic) bond motifs is 7. The lowest BCUT2D eigenvalue weighted by Gasteiger charge is -2.73. The van der Waals surface area contributed by atoms with Gasteiger partial charge in [0.25, 0.3) is 0 Å². The molecular formula is C51H70FN3O5. The number of ether oxygens (including phenoxy) is 1. The Balaban J connectivity index is 0.965. The molecule has 1 aromatic carbocycles. The Bertz CT molecular complexity index is 2070. The molecule has 1 amide bonds. The molecule has 326 valence electrons. The van der Waals surface area contributed by atoms with Crippen LogP contribution in [0.5, 0.6) is 0 Å². The molecule has 4 unspecified atom stereocenters. The van der Waals surface area contributed by atoms with E-state index in [9.17, 15) is 19.1 Å². The van der Waals surface area contributed by atoms with Crippen molar-refractivity contribution in [2.24, 2.45) is 73.9 Å². The highest BCUT2D eigenvalue weighted by Gasteiger charge is 2.72. The standard InChI is InChI=1S/C51H70FN3O5/c1-29(2)32-18-23-51(45(59)55-26-10-11-37(55)42-53-28-36(54-42)30-12-14-31(52)15-13-30)25-24-49(8)33(41(32)51)16-17-39-48(7)21-20-40(47(5,6)38(48)19-22-50(39,49)9)60-44(58)35-27-34(43(56)57)46(35,3)4/h12-15,28,32-35,37-41H,1,10-11,16-27H2,2-9H3,(H,53,54)(H,56,57)/t32-,33+,34?,35?,37?,38-,39+,40-,41?,48-,49+,50+,51-/m0/s1. The number of rotatable bonds is 7. The molecule has 2 N–H and O–H groups in total. The number of amides is 1. The maximum Gasteiger partial charge on any atom is 0.309 e. The number of nitrogens with one attached hydrogen (secondary N) is 1. The summed E-state index contributed by atoms with van der Waals surface area (Å²) in [6.45, 7) is 23.8. The lowest BCUT2D eigenvalue weighted by molar-refractivity contribution is -0.251. The first-order valence-electron chi connectivity index (χ1n) is 23.4. The molecule has 0 bridgehead atoms. The van der Waals surface area contributed by atoms with Gasteiger partial charge in [-0.25, -0.2) is 9.37 Å². The topological polar surface area (TPSA) is 113 Å². The summed E-state index contributed by atoms with van der Waals surface area (Å²) < 4.78 is 20.2. The fraction of sp³-hybridized carbons (Fsp3) is 0.725. The van der Waals surface area contributed by atoms with E-state index in [0.717, 1.165) is 101 Å². The Kier molecular flexibility index (Phi) is 9.77. The smallest absolute Gasteiger partial charge is 0.309 e. The van der Waals surface area contributed by atoms with Crippen molar-refractivity contribution in [3.05, 3.63) is 54.3 Å². The van der Waals surface area contributed by atoms with Crippen LogP contribution >= 0.6 is 0 Å². The number of carboxylic acid groups (broad SMARTS) is 1. The van der Waals surface area contributed by atoms with E-state index in [2.05, 4.69) is 58.0 Å². The molecule has 13 atom stereocenters. The van der Waals surface area contributed by atoms with Crippen LogP contribution in [0.1, 0.15) is 151 Å². The molecule has 6 saturated carbocycles. The lowest BCUT2D eigenvalue weighted by Crippen LogP contribution is -2.67. The van der Waals surface area contributed by atoms with Gasteiger partial charge in [-0.1, -0.05) is 60.6 Å². The summed E-state index contributed by atoms with van der Waals surface area (Å²) in [7, 11) is 0. The fourth-order valence-electron chi connectivity index (χ4n) is 16.5. The van der Waals surface area contributed by atoms with Gasteiger partial charge in [-0.05, 0) is 171 Å². The number of benzene rings is 1. The van der Waals surface area contributed by atoms with Crippen molar-refractivity contribution in [2.75, 3.05) is 6.54 Å². The highest BCUT2D eigenvalue weighted by atomic mass is 19.1. The second-order valence-corrected chi connectivity index (χ2v) is 23.0. The third-order valence-corrected chi connectivity index (χ3v) is 20.1. The van der Waals surface area contributed by atoms with Gasteiger partial charge in [0, 0.05) is 12.0 Å². The van der Waals surface area contributed by atoms with Crippen LogP contribution in [0.25, 0.3) is 11.3 Å². The van der Waals surface area contributed by atoms with Gasteiger partial charge in [0.2, 0.25) is 5.91 Å². The van der Waals surface area contributed by atoms with E-state index in [4.69, 9.17) is 9.72 Å². The van der Waals surface area contributed by atoms with Gasteiger partial charge in [0.15, 0.2) is 0 Å². The number of carbonyl (C=O) groups excluding carboxylic acids is 2. The number of allylic oxidation sites excluding steroid dienone is 1. The Labute approximate surface area is 357 Å². The van der Waals surface area contributed by atoms with E-state index >= 15 is 4.79 Å². The van der Waals surface area contributed by atoms with Gasteiger partial charge in [-0.2, -0.15) is 0 Å². The number of hydrogen-bond donors (Lipinski definition) is 2. The predicted molar refractivity (Wildman–Crippen MR) is 230 cm³/mol. The molecule has 2 heterocycles. The number of esters is 1. The van der Waals surface area contributed by atoms with Gasteiger partial charge in [0.1, 0.15) is 17.7 Å². The van der Waals surface area contributed by atoms with E-state index in [0.29, 0.717) is 36.0 Å². The maximum atomic E-state index is 15.5. The van der Waals surface area contributed by atoms with Crippen LogP contribution in [0.15, 0.2) is 42.6 Å². The molecule has 60 heavy (non-hydrogen) atoms. The summed E-state index contributed by atoms with van der Waals surface area (Å²) in [4.78, 5) is 51.6. The maximum absolute atomic E-state index is 15.5. The summed E-state index contributed by atoms with van der Waals surface area (Å²) >= 11 is 0. The molecule has 9 rings (SSSR count). The van der Waals surface area contributed by atoms with Crippen molar-refractivity contribution in [1.29, 1.82) is 0 Å². The predicted octanol–water partition coefficient (Wildman–Crippen LogP) is 11.2. The van der Waals surface area contributed by atoms with Crippen molar-refractivity contribution < 1.29 is 28.6 Å². The first-order chi connectivity index (χ1) is 28.2. The Morgan fingerprint density at radius 1 is 0.850 bits per heavy atom. The van der Waals surface area contributed by atoms with Gasteiger partial charge >= 0.3 is 11.9 Å². The van der Waals surface area contributed by atoms with Crippen LogP contribution in [0.2, 0.25) is 0 Å². The number of carboxylic acids is 1. The first kappa shape index (κ1) is 41.8. The van der Waals surface area contributed by atoms with E-state index in [1.807, 2.05) is 20.0 Å². The number of imidazole rings is 1. The average molecular weight is 824 g/mol. The van der Waals surface area contributed by atoms with Crippen LogP contribution in [0, 0.1) is 79.7 Å². The van der Waals surface area contributed by atoms with Crippen molar-refractivity contribution in [1.82, 2.24) is 14.9 Å².